The summed E-state index contributed by atoms with van der Waals surface area (Å²) in [4.78, 5) is 25.9. The van der Waals surface area contributed by atoms with Crippen LogP contribution in [0.15, 0.2) is 36.2 Å². The summed E-state index contributed by atoms with van der Waals surface area (Å²) >= 11 is 1.24. The van der Waals surface area contributed by atoms with Crippen molar-refractivity contribution < 1.29 is 4.42 Å². The summed E-state index contributed by atoms with van der Waals surface area (Å²) in [5, 5.41) is 6.84. The molecular formula is C11H11N5O3S. The average molecular weight is 293 g/mol. The van der Waals surface area contributed by atoms with Gasteiger partial charge >= 0.3 is 11.4 Å². The number of fused-ring (bicyclic) bond motifs is 1. The van der Waals surface area contributed by atoms with Crippen molar-refractivity contribution in [3.63, 3.8) is 0 Å². The lowest BCUT2D eigenvalue weighted by Crippen LogP contribution is -2.16. The minimum absolute atomic E-state index is 0.272. The van der Waals surface area contributed by atoms with Gasteiger partial charge in [0.1, 0.15) is 0 Å². The van der Waals surface area contributed by atoms with Crippen LogP contribution in [0, 0.1) is 0 Å². The number of anilines is 1. The molecule has 8 nitrogen and oxygen atoms in total. The Morgan fingerprint density at radius 2 is 2.25 bits per heavy atom. The van der Waals surface area contributed by atoms with Crippen LogP contribution in [0.25, 0.3) is 11.1 Å². The maximum atomic E-state index is 11.5. The van der Waals surface area contributed by atoms with Crippen molar-refractivity contribution >= 4 is 28.5 Å². The summed E-state index contributed by atoms with van der Waals surface area (Å²) in [6.07, 6.45) is 0. The van der Waals surface area contributed by atoms with E-state index in [-0.39, 0.29) is 5.69 Å². The van der Waals surface area contributed by atoms with Crippen molar-refractivity contribution in [2.45, 2.75) is 23.5 Å². The predicted octanol–water partition coefficient (Wildman–Crippen LogP) is 0.759. The third kappa shape index (κ3) is 2.01. The second kappa shape index (κ2) is 4.60. The molecule has 2 aromatic heterocycles. The van der Waals surface area contributed by atoms with Crippen molar-refractivity contribution in [1.82, 2.24) is 19.7 Å². The summed E-state index contributed by atoms with van der Waals surface area (Å²) in [5.74, 6) is -0.535. The van der Waals surface area contributed by atoms with Crippen LogP contribution in [0.2, 0.25) is 0 Å². The highest BCUT2D eigenvalue weighted by Gasteiger charge is 2.13. The Morgan fingerprint density at radius 3 is 3.00 bits per heavy atom. The van der Waals surface area contributed by atoms with Gasteiger partial charge in [-0.05, 0) is 24.8 Å². The first-order valence-corrected chi connectivity index (χ1v) is 6.65. The van der Waals surface area contributed by atoms with E-state index in [4.69, 9.17) is 10.2 Å². The van der Waals surface area contributed by atoms with Crippen LogP contribution in [-0.4, -0.2) is 19.7 Å². The lowest BCUT2D eigenvalue weighted by atomic mass is 10.3. The Morgan fingerprint density at radius 1 is 1.45 bits per heavy atom. The minimum atomic E-state index is -0.535. The lowest BCUT2D eigenvalue weighted by Gasteiger charge is -2.05. The molecule has 2 heterocycles. The zero-order valence-corrected chi connectivity index (χ0v) is 11.3. The summed E-state index contributed by atoms with van der Waals surface area (Å²) < 4.78 is 6.42. The molecule has 1 aromatic carbocycles. The Kier molecular flexibility index (Phi) is 2.90. The van der Waals surface area contributed by atoms with Crippen molar-refractivity contribution in [3.8, 4) is 0 Å². The van der Waals surface area contributed by atoms with Crippen LogP contribution in [0.4, 0.5) is 5.69 Å². The van der Waals surface area contributed by atoms with Gasteiger partial charge in [-0.15, -0.1) is 5.10 Å². The van der Waals surface area contributed by atoms with Gasteiger partial charge < -0.3 is 10.2 Å². The molecule has 4 N–H and O–H groups in total. The number of nitrogens with zero attached hydrogens (tertiary/aromatic N) is 2. The Hall–Kier alpha value is -2.42. The maximum absolute atomic E-state index is 11.5. The Labute approximate surface area is 116 Å². The van der Waals surface area contributed by atoms with E-state index in [2.05, 4.69) is 15.2 Å². The molecule has 0 aliphatic rings. The van der Waals surface area contributed by atoms with Crippen LogP contribution < -0.4 is 17.2 Å². The van der Waals surface area contributed by atoms with Gasteiger partial charge in [-0.2, -0.15) is 0 Å². The molecule has 0 atom stereocenters. The SMILES string of the molecule is CCn1c(Sc2cc3[nH]c(=O)oc3cc2N)n[nH]c1=O. The number of rotatable bonds is 3. The highest BCUT2D eigenvalue weighted by molar-refractivity contribution is 7.99. The number of hydrogen-bond donors (Lipinski definition) is 3. The van der Waals surface area contributed by atoms with E-state index in [0.717, 1.165) is 0 Å². The van der Waals surface area contributed by atoms with Crippen molar-refractivity contribution in [2.24, 2.45) is 0 Å². The zero-order valence-electron chi connectivity index (χ0n) is 10.5. The van der Waals surface area contributed by atoms with Crippen LogP contribution >= 0.6 is 11.8 Å². The van der Waals surface area contributed by atoms with Gasteiger partial charge in [0.25, 0.3) is 0 Å². The number of aromatic amines is 2. The third-order valence-electron chi connectivity index (χ3n) is 2.79. The highest BCUT2D eigenvalue weighted by atomic mass is 32.2. The molecule has 0 bridgehead atoms. The fraction of sp³-hybridized carbons (Fsp3) is 0.182. The number of nitrogen functional groups attached to an aromatic ring is 1. The number of nitrogens with one attached hydrogen (secondary N) is 2. The first kappa shape index (κ1) is 12.6. The van der Waals surface area contributed by atoms with Crippen LogP contribution in [-0.2, 0) is 6.54 Å². The monoisotopic (exact) mass is 293 g/mol. The van der Waals surface area contributed by atoms with E-state index in [1.165, 1.54) is 16.3 Å². The second-order valence-corrected chi connectivity index (χ2v) is 5.07. The van der Waals surface area contributed by atoms with Crippen LogP contribution in [0.3, 0.4) is 0 Å². The maximum Gasteiger partial charge on any atom is 0.417 e. The molecule has 0 spiro atoms. The summed E-state index contributed by atoms with van der Waals surface area (Å²) in [5.41, 5.74) is 7.04. The summed E-state index contributed by atoms with van der Waals surface area (Å²) in [6.45, 7) is 2.35. The van der Waals surface area contributed by atoms with Crippen molar-refractivity contribution in [1.29, 1.82) is 0 Å². The minimum Gasteiger partial charge on any atom is -0.408 e. The smallest absolute Gasteiger partial charge is 0.408 e. The Balaban J connectivity index is 2.07. The zero-order chi connectivity index (χ0) is 14.3. The first-order chi connectivity index (χ1) is 9.58. The molecule has 20 heavy (non-hydrogen) atoms. The molecule has 0 unspecified atom stereocenters. The van der Waals surface area contributed by atoms with E-state index in [1.54, 1.807) is 12.1 Å². The molecule has 0 aliphatic carbocycles. The van der Waals surface area contributed by atoms with Gasteiger partial charge in [-0.3, -0.25) is 9.55 Å². The first-order valence-electron chi connectivity index (χ1n) is 5.84. The molecule has 9 heteroatoms. The fourth-order valence-electron chi connectivity index (χ4n) is 1.84. The number of H-pyrrole nitrogens is 2. The number of oxazole rings is 1. The van der Waals surface area contributed by atoms with E-state index < -0.39 is 5.76 Å². The van der Waals surface area contributed by atoms with Crippen LogP contribution in [0.5, 0.6) is 0 Å². The van der Waals surface area contributed by atoms with Gasteiger partial charge in [-0.25, -0.2) is 14.7 Å². The van der Waals surface area contributed by atoms with E-state index in [9.17, 15) is 9.59 Å². The second-order valence-electron chi connectivity index (χ2n) is 4.06. The largest absolute Gasteiger partial charge is 0.417 e. The topological polar surface area (TPSA) is 123 Å². The van der Waals surface area contributed by atoms with Crippen LogP contribution in [0.1, 0.15) is 6.92 Å². The molecule has 0 saturated heterocycles. The van der Waals surface area contributed by atoms with Gasteiger partial charge in [0.15, 0.2) is 10.7 Å². The fourth-order valence-corrected chi connectivity index (χ4v) is 2.80. The number of benzene rings is 1. The molecule has 0 radical (unpaired) electrons. The molecule has 3 aromatic rings. The Bertz CT molecular complexity index is 887. The number of nitrogens with two attached hydrogens (primary N) is 1. The molecule has 0 amide bonds. The third-order valence-corrected chi connectivity index (χ3v) is 3.86. The quantitative estimate of drug-likeness (QED) is 0.613. The highest BCUT2D eigenvalue weighted by Crippen LogP contribution is 2.32. The van der Waals surface area contributed by atoms with Gasteiger partial charge in [0.05, 0.1) is 5.52 Å². The molecule has 3 rings (SSSR count). The van der Waals surface area contributed by atoms with Gasteiger partial charge in [-0.1, -0.05) is 0 Å². The van der Waals surface area contributed by atoms with Crippen molar-refractivity contribution in [2.75, 3.05) is 5.73 Å². The van der Waals surface area contributed by atoms with E-state index >= 15 is 0 Å². The molecular weight excluding hydrogens is 282 g/mol. The summed E-state index contributed by atoms with van der Waals surface area (Å²) in [7, 11) is 0. The predicted molar refractivity (Wildman–Crippen MR) is 73.9 cm³/mol. The number of hydrogen-bond acceptors (Lipinski definition) is 6. The molecule has 0 saturated carbocycles. The van der Waals surface area contributed by atoms with Gasteiger partial charge in [0.2, 0.25) is 0 Å². The molecule has 0 aliphatic heterocycles. The van der Waals surface area contributed by atoms with E-state index in [0.29, 0.717) is 33.4 Å². The molecule has 0 fully saturated rings. The van der Waals surface area contributed by atoms with Crippen molar-refractivity contribution in [3.05, 3.63) is 33.2 Å². The standard InChI is InChI=1S/C11H11N5O3S/c1-2-16-9(17)14-15-10(16)20-8-4-6-7(3-5(8)12)19-11(18)13-6/h3-4H,2,12H2,1H3,(H,13,18)(H,14,17). The average Bonchev–Trinajstić information content (AvgIpc) is 2.92. The normalized spacial score (nSPS) is 11.2. The summed E-state index contributed by atoms with van der Waals surface area (Å²) in [6, 6.07) is 3.26. The van der Waals surface area contributed by atoms with E-state index in [1.807, 2.05) is 6.92 Å². The lowest BCUT2D eigenvalue weighted by molar-refractivity contribution is 0.555. The number of aromatic nitrogens is 4. The molecule has 104 valence electrons. The van der Waals surface area contributed by atoms with Gasteiger partial charge in [0, 0.05) is 23.2 Å².